The van der Waals surface area contributed by atoms with E-state index in [-0.39, 0.29) is 22.3 Å². The normalized spacial score (nSPS) is 40.6. The van der Waals surface area contributed by atoms with Gasteiger partial charge in [0.15, 0.2) is 9.84 Å². The van der Waals surface area contributed by atoms with E-state index < -0.39 is 9.84 Å². The molecule has 96 valence electrons. The van der Waals surface area contributed by atoms with Crippen LogP contribution in [0.4, 0.5) is 0 Å². The molecule has 2 saturated heterocycles. The highest BCUT2D eigenvalue weighted by atomic mass is 32.2. The molecule has 2 bridgehead atoms. The fraction of sp³-hybridized carbons (Fsp3) is 0.923. The zero-order chi connectivity index (χ0) is 12.0. The summed E-state index contributed by atoms with van der Waals surface area (Å²) in [5, 5.41) is -0.395. The van der Waals surface area contributed by atoms with Crippen molar-refractivity contribution in [3.8, 4) is 0 Å². The van der Waals surface area contributed by atoms with Crippen LogP contribution in [0.5, 0.6) is 0 Å². The summed E-state index contributed by atoms with van der Waals surface area (Å²) in [6, 6.07) is 0. The van der Waals surface area contributed by atoms with Crippen molar-refractivity contribution in [2.75, 3.05) is 0 Å². The Kier molecular flexibility index (Phi) is 2.80. The van der Waals surface area contributed by atoms with Crippen molar-refractivity contribution in [2.24, 2.45) is 11.8 Å². The van der Waals surface area contributed by atoms with Gasteiger partial charge in [-0.2, -0.15) is 0 Å². The highest BCUT2D eigenvalue weighted by molar-refractivity contribution is 7.93. The number of hydrogen-bond donors (Lipinski definition) is 0. The number of carbonyl (C=O) groups is 1. The molecular weight excluding hydrogens is 236 g/mol. The van der Waals surface area contributed by atoms with Crippen molar-refractivity contribution in [1.82, 2.24) is 0 Å². The molecule has 0 amide bonds. The van der Waals surface area contributed by atoms with Crippen molar-refractivity contribution in [1.29, 1.82) is 0 Å². The third-order valence-corrected chi connectivity index (χ3v) is 7.71. The molecule has 4 heteroatoms. The second-order valence-corrected chi connectivity index (χ2v) is 8.47. The Hall–Kier alpha value is -0.380. The summed E-state index contributed by atoms with van der Waals surface area (Å²) in [6.07, 6.45) is 7.25. The average molecular weight is 256 g/mol. The van der Waals surface area contributed by atoms with Crippen LogP contribution in [0.1, 0.15) is 51.4 Å². The maximum Gasteiger partial charge on any atom is 0.156 e. The van der Waals surface area contributed by atoms with E-state index in [0.717, 1.165) is 25.7 Å². The Bertz CT molecular complexity index is 400. The van der Waals surface area contributed by atoms with Gasteiger partial charge in [-0.15, -0.1) is 0 Å². The topological polar surface area (TPSA) is 51.2 Å². The Balaban J connectivity index is 1.73. The van der Waals surface area contributed by atoms with Gasteiger partial charge in [-0.25, -0.2) is 8.42 Å². The molecule has 1 aliphatic carbocycles. The van der Waals surface area contributed by atoms with Gasteiger partial charge < -0.3 is 0 Å². The van der Waals surface area contributed by atoms with Crippen LogP contribution in [0.25, 0.3) is 0 Å². The molecule has 2 heterocycles. The van der Waals surface area contributed by atoms with Crippen LogP contribution >= 0.6 is 0 Å². The second kappa shape index (κ2) is 4.08. The van der Waals surface area contributed by atoms with Gasteiger partial charge in [0.2, 0.25) is 0 Å². The summed E-state index contributed by atoms with van der Waals surface area (Å²) in [6.45, 7) is 0. The predicted octanol–water partition coefficient (Wildman–Crippen LogP) is 2.10. The first kappa shape index (κ1) is 11.7. The number of sulfone groups is 1. The van der Waals surface area contributed by atoms with Gasteiger partial charge in [-0.1, -0.05) is 12.8 Å². The van der Waals surface area contributed by atoms with Gasteiger partial charge >= 0.3 is 0 Å². The van der Waals surface area contributed by atoms with E-state index in [0.29, 0.717) is 18.6 Å². The summed E-state index contributed by atoms with van der Waals surface area (Å²) in [4.78, 5) is 12.3. The molecule has 1 saturated carbocycles. The SMILES string of the molecule is O=C(C1CCCC1)C1CC2CCC(C1)S2(=O)=O. The summed E-state index contributed by atoms with van der Waals surface area (Å²) in [5.41, 5.74) is 0. The monoisotopic (exact) mass is 256 g/mol. The lowest BCUT2D eigenvalue weighted by Gasteiger charge is -2.28. The van der Waals surface area contributed by atoms with Crippen LogP contribution in [-0.2, 0) is 14.6 Å². The number of Topliss-reactive ketones (excluding diaryl/α,β-unsaturated/α-hetero) is 1. The van der Waals surface area contributed by atoms with Crippen LogP contribution in [0.2, 0.25) is 0 Å². The molecule has 3 aliphatic rings. The van der Waals surface area contributed by atoms with Crippen LogP contribution in [0.15, 0.2) is 0 Å². The first-order valence-electron chi connectivity index (χ1n) is 6.85. The van der Waals surface area contributed by atoms with Crippen molar-refractivity contribution >= 4 is 15.6 Å². The molecule has 0 aromatic carbocycles. The average Bonchev–Trinajstić information content (AvgIpc) is 2.82. The molecule has 3 rings (SSSR count). The minimum absolute atomic E-state index is 0.0547. The van der Waals surface area contributed by atoms with Crippen molar-refractivity contribution in [3.05, 3.63) is 0 Å². The van der Waals surface area contributed by atoms with Gasteiger partial charge in [-0.05, 0) is 38.5 Å². The molecular formula is C13H20O3S. The molecule has 17 heavy (non-hydrogen) atoms. The number of rotatable bonds is 2. The molecule has 0 radical (unpaired) electrons. The molecule has 0 N–H and O–H groups in total. The molecule has 0 aromatic heterocycles. The van der Waals surface area contributed by atoms with Crippen molar-refractivity contribution in [2.45, 2.75) is 61.9 Å². The molecule has 3 nitrogen and oxygen atoms in total. The summed E-state index contributed by atoms with van der Waals surface area (Å²) >= 11 is 0. The molecule has 0 spiro atoms. The van der Waals surface area contributed by atoms with E-state index in [1.807, 2.05) is 0 Å². The van der Waals surface area contributed by atoms with E-state index >= 15 is 0 Å². The van der Waals surface area contributed by atoms with Crippen LogP contribution < -0.4 is 0 Å². The Morgan fingerprint density at radius 3 is 1.88 bits per heavy atom. The Labute approximate surface area is 103 Å². The molecule has 0 aromatic rings. The van der Waals surface area contributed by atoms with Crippen LogP contribution in [-0.4, -0.2) is 24.7 Å². The van der Waals surface area contributed by atoms with Crippen molar-refractivity contribution in [3.63, 3.8) is 0 Å². The van der Waals surface area contributed by atoms with Gasteiger partial charge in [0.25, 0.3) is 0 Å². The summed E-state index contributed by atoms with van der Waals surface area (Å²) in [5.74, 6) is 0.689. The standard InChI is InChI=1S/C13H20O3S/c14-13(9-3-1-2-4-9)10-7-11-5-6-12(8-10)17(11,15)16/h9-12H,1-8H2. The maximum atomic E-state index is 12.3. The first-order chi connectivity index (χ1) is 8.09. The van der Waals surface area contributed by atoms with Gasteiger partial charge in [0, 0.05) is 11.8 Å². The van der Waals surface area contributed by atoms with E-state index in [1.165, 1.54) is 12.8 Å². The number of fused-ring (bicyclic) bond motifs is 2. The minimum Gasteiger partial charge on any atom is -0.299 e. The van der Waals surface area contributed by atoms with Crippen molar-refractivity contribution < 1.29 is 13.2 Å². The highest BCUT2D eigenvalue weighted by Gasteiger charge is 2.49. The quantitative estimate of drug-likeness (QED) is 0.760. The lowest BCUT2D eigenvalue weighted by molar-refractivity contribution is -0.127. The fourth-order valence-electron chi connectivity index (χ4n) is 3.98. The van der Waals surface area contributed by atoms with Crippen LogP contribution in [0.3, 0.4) is 0 Å². The lowest BCUT2D eigenvalue weighted by atomic mass is 9.86. The first-order valence-corrected chi connectivity index (χ1v) is 8.46. The number of hydrogen-bond acceptors (Lipinski definition) is 3. The summed E-state index contributed by atoms with van der Waals surface area (Å²) in [7, 11) is -2.87. The Morgan fingerprint density at radius 2 is 1.35 bits per heavy atom. The zero-order valence-electron chi connectivity index (χ0n) is 10.1. The fourth-order valence-corrected chi connectivity index (χ4v) is 6.46. The van der Waals surface area contributed by atoms with E-state index in [9.17, 15) is 13.2 Å². The lowest BCUT2D eigenvalue weighted by Crippen LogP contribution is -2.37. The van der Waals surface area contributed by atoms with E-state index in [2.05, 4.69) is 0 Å². The van der Waals surface area contributed by atoms with Crippen LogP contribution in [0, 0.1) is 11.8 Å². The summed E-state index contributed by atoms with van der Waals surface area (Å²) < 4.78 is 23.9. The van der Waals surface area contributed by atoms with E-state index in [4.69, 9.17) is 0 Å². The van der Waals surface area contributed by atoms with Gasteiger partial charge in [-0.3, -0.25) is 4.79 Å². The Morgan fingerprint density at radius 1 is 0.824 bits per heavy atom. The maximum absolute atomic E-state index is 12.3. The van der Waals surface area contributed by atoms with Gasteiger partial charge in [0.1, 0.15) is 5.78 Å². The predicted molar refractivity (Wildman–Crippen MR) is 65.4 cm³/mol. The van der Waals surface area contributed by atoms with E-state index in [1.54, 1.807) is 0 Å². The molecule has 2 atom stereocenters. The minimum atomic E-state index is -2.87. The molecule has 2 unspecified atom stereocenters. The third kappa shape index (κ3) is 1.85. The molecule has 2 aliphatic heterocycles. The van der Waals surface area contributed by atoms with Gasteiger partial charge in [0.05, 0.1) is 10.5 Å². The third-order valence-electron chi connectivity index (χ3n) is 4.99. The number of carbonyl (C=O) groups excluding carboxylic acids is 1. The highest BCUT2D eigenvalue weighted by Crippen LogP contribution is 2.43. The number of ketones is 1. The second-order valence-electron chi connectivity index (χ2n) is 5.96. The molecule has 3 fully saturated rings. The zero-order valence-corrected chi connectivity index (χ0v) is 10.9. The smallest absolute Gasteiger partial charge is 0.156 e. The largest absolute Gasteiger partial charge is 0.299 e.